The molecule has 0 aliphatic heterocycles. The fourth-order valence-electron chi connectivity index (χ4n) is 2.02. The quantitative estimate of drug-likeness (QED) is 0.315. The van der Waals surface area contributed by atoms with Crippen LogP contribution in [0.25, 0.3) is 0 Å². The molecule has 94 valence electrons. The highest BCUT2D eigenvalue weighted by Gasteiger charge is 2.43. The molecule has 17 heavy (non-hydrogen) atoms. The number of nitrogens with one attached hydrogen (secondary N) is 1. The molecule has 0 aromatic carbocycles. The Labute approximate surface area is 106 Å². The number of amidine groups is 1. The molecule has 1 saturated carbocycles. The minimum Gasteiger partial charge on any atom is -0.409 e. The number of nitrogens with zero attached hydrogens (tertiary/aromatic N) is 1. The number of thiophene rings is 1. The van der Waals surface area contributed by atoms with Crippen molar-refractivity contribution >= 4 is 17.2 Å². The van der Waals surface area contributed by atoms with Gasteiger partial charge >= 0.3 is 0 Å². The number of oxime groups is 1. The van der Waals surface area contributed by atoms with Crippen LogP contribution in [0.5, 0.6) is 0 Å². The molecule has 0 amide bonds. The maximum atomic E-state index is 8.60. The summed E-state index contributed by atoms with van der Waals surface area (Å²) in [6, 6.07) is 4.59. The van der Waals surface area contributed by atoms with Gasteiger partial charge < -0.3 is 16.3 Å². The fraction of sp³-hybridized carbons (Fsp3) is 0.583. The second kappa shape index (κ2) is 5.06. The van der Waals surface area contributed by atoms with Crippen LogP contribution in [0.4, 0.5) is 0 Å². The zero-order chi connectivity index (χ0) is 12.3. The Morgan fingerprint density at radius 2 is 2.47 bits per heavy atom. The third-order valence-electron chi connectivity index (χ3n) is 3.39. The smallest absolute Gasteiger partial charge is 0.139 e. The average molecular weight is 253 g/mol. The molecule has 0 bridgehead atoms. The molecule has 1 heterocycles. The normalized spacial score (nSPS) is 20.2. The Kier molecular flexibility index (Phi) is 3.69. The summed E-state index contributed by atoms with van der Waals surface area (Å²) in [5, 5.41) is 17.3. The molecule has 0 spiro atoms. The van der Waals surface area contributed by atoms with Gasteiger partial charge in [0.05, 0.1) is 0 Å². The zero-order valence-corrected chi connectivity index (χ0v) is 10.8. The maximum absolute atomic E-state index is 8.60. The van der Waals surface area contributed by atoms with Crippen molar-refractivity contribution in [2.75, 3.05) is 6.54 Å². The topological polar surface area (TPSA) is 70.6 Å². The first-order chi connectivity index (χ1) is 8.15. The summed E-state index contributed by atoms with van der Waals surface area (Å²) in [4.78, 5) is 1.35. The third kappa shape index (κ3) is 3.20. The Hall–Kier alpha value is -1.07. The van der Waals surface area contributed by atoms with Crippen LogP contribution in [-0.4, -0.2) is 17.6 Å². The summed E-state index contributed by atoms with van der Waals surface area (Å²) in [5.74, 6) is 0.341. The van der Waals surface area contributed by atoms with Crippen molar-refractivity contribution in [2.45, 2.75) is 32.2 Å². The Morgan fingerprint density at radius 1 is 1.71 bits per heavy atom. The molecule has 0 saturated heterocycles. The highest BCUT2D eigenvalue weighted by molar-refractivity contribution is 7.10. The second-order valence-corrected chi connectivity index (χ2v) is 5.87. The van der Waals surface area contributed by atoms with Gasteiger partial charge in [-0.1, -0.05) is 11.2 Å². The summed E-state index contributed by atoms with van der Waals surface area (Å²) >= 11 is 1.77. The molecular weight excluding hydrogens is 234 g/mol. The summed E-state index contributed by atoms with van der Waals surface area (Å²) in [5.41, 5.74) is 5.80. The van der Waals surface area contributed by atoms with Gasteiger partial charge in [-0.2, -0.15) is 0 Å². The van der Waals surface area contributed by atoms with E-state index in [0.717, 1.165) is 19.4 Å². The van der Waals surface area contributed by atoms with Crippen LogP contribution in [0.1, 0.15) is 37.1 Å². The van der Waals surface area contributed by atoms with Crippen molar-refractivity contribution in [2.24, 2.45) is 16.3 Å². The summed E-state index contributed by atoms with van der Waals surface area (Å²) in [6.45, 7) is 3.10. The molecular formula is C12H19N3OS. The van der Waals surface area contributed by atoms with Crippen LogP contribution < -0.4 is 11.1 Å². The molecule has 4 nitrogen and oxygen atoms in total. The van der Waals surface area contributed by atoms with Crippen LogP contribution in [-0.2, 0) is 0 Å². The molecule has 1 aromatic rings. The van der Waals surface area contributed by atoms with Crippen LogP contribution in [0.3, 0.4) is 0 Å². The number of nitrogens with two attached hydrogens (primary N) is 1. The summed E-state index contributed by atoms with van der Waals surface area (Å²) < 4.78 is 0. The van der Waals surface area contributed by atoms with E-state index in [0.29, 0.717) is 18.3 Å². The van der Waals surface area contributed by atoms with E-state index in [9.17, 15) is 0 Å². The van der Waals surface area contributed by atoms with Gasteiger partial charge in [0.25, 0.3) is 0 Å². The van der Waals surface area contributed by atoms with E-state index in [1.165, 1.54) is 4.88 Å². The molecule has 2 rings (SSSR count). The van der Waals surface area contributed by atoms with E-state index in [1.807, 2.05) is 0 Å². The van der Waals surface area contributed by atoms with Crippen molar-refractivity contribution in [1.29, 1.82) is 0 Å². The van der Waals surface area contributed by atoms with Gasteiger partial charge in [0.15, 0.2) is 0 Å². The highest BCUT2D eigenvalue weighted by atomic mass is 32.1. The number of rotatable bonds is 6. The predicted molar refractivity (Wildman–Crippen MR) is 70.4 cm³/mol. The van der Waals surface area contributed by atoms with Crippen LogP contribution in [0.2, 0.25) is 0 Å². The monoisotopic (exact) mass is 253 g/mol. The lowest BCUT2D eigenvalue weighted by Crippen LogP contribution is -2.29. The predicted octanol–water partition coefficient (Wildman–Crippen LogP) is 2.32. The van der Waals surface area contributed by atoms with Gasteiger partial charge in [-0.15, -0.1) is 11.3 Å². The van der Waals surface area contributed by atoms with Crippen molar-refractivity contribution in [1.82, 2.24) is 5.32 Å². The van der Waals surface area contributed by atoms with Gasteiger partial charge in [0, 0.05) is 23.9 Å². The molecule has 0 unspecified atom stereocenters. The highest BCUT2D eigenvalue weighted by Crippen LogP contribution is 2.48. The van der Waals surface area contributed by atoms with Crippen molar-refractivity contribution in [3.8, 4) is 0 Å². The first-order valence-electron chi connectivity index (χ1n) is 5.88. The first-order valence-corrected chi connectivity index (χ1v) is 6.76. The van der Waals surface area contributed by atoms with Gasteiger partial charge in [-0.25, -0.2) is 0 Å². The van der Waals surface area contributed by atoms with E-state index in [4.69, 9.17) is 10.9 Å². The molecule has 1 fully saturated rings. The summed E-state index contributed by atoms with van der Waals surface area (Å²) in [6.07, 6.45) is 3.01. The third-order valence-corrected chi connectivity index (χ3v) is 4.45. The minimum atomic E-state index is 0.224. The molecule has 1 aliphatic carbocycles. The standard InChI is InChI=1S/C12H19N3OS/c1-9(10-3-2-6-17-10)14-8-12(4-5-12)7-11(13)15-16/h2-3,6,9,14,16H,4-5,7-8H2,1H3,(H2,13,15)/t9-/m0/s1. The Morgan fingerprint density at radius 3 is 3.00 bits per heavy atom. The first kappa shape index (κ1) is 12.4. The van der Waals surface area contributed by atoms with Crippen LogP contribution in [0, 0.1) is 5.41 Å². The zero-order valence-electron chi connectivity index (χ0n) is 10.0. The molecule has 1 atom stereocenters. The lowest BCUT2D eigenvalue weighted by atomic mass is 10.0. The van der Waals surface area contributed by atoms with E-state index in [1.54, 1.807) is 11.3 Å². The summed E-state index contributed by atoms with van der Waals surface area (Å²) in [7, 11) is 0. The molecule has 5 heteroatoms. The SMILES string of the molecule is C[C@H](NCC1(C/C(N)=N/O)CC1)c1cccs1. The van der Waals surface area contributed by atoms with E-state index >= 15 is 0 Å². The van der Waals surface area contributed by atoms with E-state index < -0.39 is 0 Å². The largest absolute Gasteiger partial charge is 0.409 e. The van der Waals surface area contributed by atoms with E-state index in [-0.39, 0.29) is 5.41 Å². The fourth-order valence-corrected chi connectivity index (χ4v) is 2.78. The maximum Gasteiger partial charge on any atom is 0.139 e. The van der Waals surface area contributed by atoms with Crippen molar-refractivity contribution in [3.63, 3.8) is 0 Å². The van der Waals surface area contributed by atoms with Gasteiger partial charge in [-0.05, 0) is 36.6 Å². The molecule has 4 N–H and O–H groups in total. The number of hydrogen-bond donors (Lipinski definition) is 3. The Bertz CT molecular complexity index is 384. The van der Waals surface area contributed by atoms with Crippen molar-refractivity contribution in [3.05, 3.63) is 22.4 Å². The van der Waals surface area contributed by atoms with Crippen molar-refractivity contribution < 1.29 is 5.21 Å². The molecule has 1 aromatic heterocycles. The Balaban J connectivity index is 1.82. The second-order valence-electron chi connectivity index (χ2n) is 4.89. The lowest BCUT2D eigenvalue weighted by Gasteiger charge is -2.18. The van der Waals surface area contributed by atoms with E-state index in [2.05, 4.69) is 34.9 Å². The van der Waals surface area contributed by atoms with Crippen LogP contribution in [0.15, 0.2) is 22.7 Å². The van der Waals surface area contributed by atoms with Gasteiger partial charge in [-0.3, -0.25) is 0 Å². The van der Waals surface area contributed by atoms with Crippen LogP contribution >= 0.6 is 11.3 Å². The lowest BCUT2D eigenvalue weighted by molar-refractivity contribution is 0.313. The van der Waals surface area contributed by atoms with Gasteiger partial charge in [0.1, 0.15) is 5.84 Å². The average Bonchev–Trinajstić information content (AvgIpc) is 2.88. The number of hydrogen-bond acceptors (Lipinski definition) is 4. The van der Waals surface area contributed by atoms with Gasteiger partial charge in [0.2, 0.25) is 0 Å². The minimum absolute atomic E-state index is 0.224. The molecule has 0 radical (unpaired) electrons. The molecule has 1 aliphatic rings.